The lowest BCUT2D eigenvalue weighted by Gasteiger charge is -2.22. The van der Waals surface area contributed by atoms with Gasteiger partial charge in [0.05, 0.1) is 11.1 Å². The Kier molecular flexibility index (Phi) is 7.68. The number of sulfonamides is 1. The fraction of sp³-hybridized carbons (Fsp3) is 0.400. The molecular weight excluding hydrogens is 406 g/mol. The Morgan fingerprint density at radius 1 is 1.00 bits per heavy atom. The summed E-state index contributed by atoms with van der Waals surface area (Å²) in [5.41, 5.74) is 4.23. The molecule has 31 heavy (non-hydrogen) atoms. The molecule has 0 bridgehead atoms. The van der Waals surface area contributed by atoms with Gasteiger partial charge in [0.25, 0.3) is 0 Å². The molecule has 0 fully saturated rings. The van der Waals surface area contributed by atoms with Crippen molar-refractivity contribution in [1.82, 2.24) is 14.1 Å². The van der Waals surface area contributed by atoms with Gasteiger partial charge in [0.1, 0.15) is 0 Å². The molecule has 0 radical (unpaired) electrons. The zero-order valence-electron chi connectivity index (χ0n) is 19.0. The molecule has 3 aromatic rings. The van der Waals surface area contributed by atoms with Crippen molar-refractivity contribution in [1.29, 1.82) is 0 Å². The average Bonchev–Trinajstić information content (AvgIpc) is 3.11. The first kappa shape index (κ1) is 23.2. The van der Waals surface area contributed by atoms with Gasteiger partial charge in [-0.3, -0.25) is 4.68 Å². The molecule has 1 aromatic heterocycles. The molecule has 2 aromatic carbocycles. The van der Waals surface area contributed by atoms with Gasteiger partial charge in [-0.25, -0.2) is 8.42 Å². The second kappa shape index (κ2) is 10.2. The maximum absolute atomic E-state index is 13.6. The first-order chi connectivity index (χ1) is 14.8. The number of benzene rings is 2. The van der Waals surface area contributed by atoms with E-state index in [9.17, 15) is 8.42 Å². The Morgan fingerprint density at radius 3 is 2.26 bits per heavy atom. The highest BCUT2D eigenvalue weighted by Gasteiger charge is 2.26. The molecule has 0 unspecified atom stereocenters. The Hall–Kier alpha value is -2.44. The molecule has 0 saturated carbocycles. The Balaban J connectivity index is 1.88. The first-order valence-electron chi connectivity index (χ1n) is 11.0. The second-order valence-electron chi connectivity index (χ2n) is 8.39. The standard InChI is InChI=1S/C25H33N3O2S/c1-5-28-21(4)24(18-26-28)19-27(16-15-22-9-7-6-8-10-22)31(29,30)25-13-11-23(12-14-25)17-20(2)3/h6-14,18,20H,5,15-17,19H2,1-4H3. The Morgan fingerprint density at radius 2 is 1.68 bits per heavy atom. The molecule has 0 aliphatic heterocycles. The number of hydrogen-bond acceptors (Lipinski definition) is 3. The molecule has 0 N–H and O–H groups in total. The minimum atomic E-state index is -3.63. The Bertz CT molecular complexity index is 1070. The van der Waals surface area contributed by atoms with Crippen molar-refractivity contribution >= 4 is 10.0 Å². The van der Waals surface area contributed by atoms with Gasteiger partial charge in [-0.1, -0.05) is 56.3 Å². The molecule has 0 spiro atoms. The van der Waals surface area contributed by atoms with E-state index in [0.29, 0.717) is 30.3 Å². The van der Waals surface area contributed by atoms with Gasteiger partial charge in [-0.2, -0.15) is 9.40 Å². The fourth-order valence-corrected chi connectivity index (χ4v) is 5.17. The van der Waals surface area contributed by atoms with Gasteiger partial charge in [-0.05, 0) is 55.9 Å². The minimum absolute atomic E-state index is 0.314. The zero-order valence-corrected chi connectivity index (χ0v) is 19.8. The highest BCUT2D eigenvalue weighted by molar-refractivity contribution is 7.89. The van der Waals surface area contributed by atoms with Crippen LogP contribution in [0.25, 0.3) is 0 Å². The quantitative estimate of drug-likeness (QED) is 0.454. The largest absolute Gasteiger partial charge is 0.270 e. The van der Waals surface area contributed by atoms with E-state index in [2.05, 4.69) is 18.9 Å². The van der Waals surface area contributed by atoms with E-state index in [1.165, 1.54) is 0 Å². The van der Waals surface area contributed by atoms with Crippen LogP contribution in [0.15, 0.2) is 65.7 Å². The van der Waals surface area contributed by atoms with Crippen LogP contribution in [-0.2, 0) is 36.0 Å². The summed E-state index contributed by atoms with van der Waals surface area (Å²) in [6.07, 6.45) is 3.38. The predicted molar refractivity (Wildman–Crippen MR) is 125 cm³/mol. The predicted octanol–water partition coefficient (Wildman–Crippen LogP) is 4.84. The Labute approximate surface area is 186 Å². The van der Waals surface area contributed by atoms with E-state index in [1.54, 1.807) is 22.6 Å². The van der Waals surface area contributed by atoms with Crippen LogP contribution in [0.1, 0.15) is 43.2 Å². The molecule has 0 aliphatic carbocycles. The van der Waals surface area contributed by atoms with E-state index < -0.39 is 10.0 Å². The van der Waals surface area contributed by atoms with Gasteiger partial charge in [0, 0.05) is 30.9 Å². The molecule has 0 amide bonds. The van der Waals surface area contributed by atoms with Crippen LogP contribution >= 0.6 is 0 Å². The lowest BCUT2D eigenvalue weighted by atomic mass is 10.0. The topological polar surface area (TPSA) is 55.2 Å². The number of aryl methyl sites for hydroxylation is 1. The van der Waals surface area contributed by atoms with Crippen molar-refractivity contribution in [3.05, 3.63) is 83.2 Å². The van der Waals surface area contributed by atoms with E-state index in [0.717, 1.165) is 35.3 Å². The third kappa shape index (κ3) is 5.83. The third-order valence-corrected chi connectivity index (χ3v) is 7.41. The minimum Gasteiger partial charge on any atom is -0.270 e. The van der Waals surface area contributed by atoms with E-state index >= 15 is 0 Å². The summed E-state index contributed by atoms with van der Waals surface area (Å²) in [5.74, 6) is 0.530. The highest BCUT2D eigenvalue weighted by Crippen LogP contribution is 2.22. The van der Waals surface area contributed by atoms with Crippen LogP contribution in [0.5, 0.6) is 0 Å². The average molecular weight is 440 g/mol. The van der Waals surface area contributed by atoms with Crippen LogP contribution in [-0.4, -0.2) is 29.0 Å². The van der Waals surface area contributed by atoms with E-state index in [-0.39, 0.29) is 0 Å². The second-order valence-corrected chi connectivity index (χ2v) is 10.3. The maximum Gasteiger partial charge on any atom is 0.243 e. The van der Waals surface area contributed by atoms with Gasteiger partial charge in [0.15, 0.2) is 0 Å². The molecule has 6 heteroatoms. The van der Waals surface area contributed by atoms with Crippen LogP contribution in [0.4, 0.5) is 0 Å². The summed E-state index contributed by atoms with van der Waals surface area (Å²) in [5, 5.41) is 4.39. The molecular formula is C25H33N3O2S. The van der Waals surface area contributed by atoms with Gasteiger partial charge in [-0.15, -0.1) is 0 Å². The lowest BCUT2D eigenvalue weighted by molar-refractivity contribution is 0.408. The van der Waals surface area contributed by atoms with Gasteiger partial charge < -0.3 is 0 Å². The van der Waals surface area contributed by atoms with Crippen LogP contribution in [0.2, 0.25) is 0 Å². The zero-order chi connectivity index (χ0) is 22.4. The normalized spacial score (nSPS) is 12.1. The summed E-state index contributed by atoms with van der Waals surface area (Å²) in [6, 6.07) is 17.4. The molecule has 5 nitrogen and oxygen atoms in total. The van der Waals surface area contributed by atoms with E-state index in [4.69, 9.17) is 0 Å². The van der Waals surface area contributed by atoms with Gasteiger partial charge >= 0.3 is 0 Å². The lowest BCUT2D eigenvalue weighted by Crippen LogP contribution is -2.32. The fourth-order valence-electron chi connectivity index (χ4n) is 3.75. The monoisotopic (exact) mass is 439 g/mol. The van der Waals surface area contributed by atoms with Crippen molar-refractivity contribution in [2.45, 2.75) is 58.5 Å². The number of hydrogen-bond donors (Lipinski definition) is 0. The molecule has 166 valence electrons. The van der Waals surface area contributed by atoms with Crippen molar-refractivity contribution in [3.63, 3.8) is 0 Å². The molecule has 0 saturated heterocycles. The van der Waals surface area contributed by atoms with Crippen molar-refractivity contribution in [3.8, 4) is 0 Å². The molecule has 0 aliphatic rings. The summed E-state index contributed by atoms with van der Waals surface area (Å²) in [4.78, 5) is 0.341. The summed E-state index contributed by atoms with van der Waals surface area (Å²) in [7, 11) is -3.63. The van der Waals surface area contributed by atoms with Crippen molar-refractivity contribution < 1.29 is 8.42 Å². The van der Waals surface area contributed by atoms with E-state index in [1.807, 2.05) is 61.0 Å². The number of rotatable bonds is 10. The summed E-state index contributed by atoms with van der Waals surface area (Å²) in [6.45, 7) is 9.84. The SMILES string of the molecule is CCn1ncc(CN(CCc2ccccc2)S(=O)(=O)c2ccc(CC(C)C)cc2)c1C. The van der Waals surface area contributed by atoms with Crippen molar-refractivity contribution in [2.24, 2.45) is 5.92 Å². The highest BCUT2D eigenvalue weighted by atomic mass is 32.2. The molecule has 0 atom stereocenters. The third-order valence-electron chi connectivity index (χ3n) is 5.55. The number of nitrogens with zero attached hydrogens (tertiary/aromatic N) is 3. The van der Waals surface area contributed by atoms with Crippen molar-refractivity contribution in [2.75, 3.05) is 6.54 Å². The molecule has 3 rings (SSSR count). The van der Waals surface area contributed by atoms with Crippen LogP contribution < -0.4 is 0 Å². The summed E-state index contributed by atoms with van der Waals surface area (Å²) < 4.78 is 30.6. The maximum atomic E-state index is 13.6. The first-order valence-corrected chi connectivity index (χ1v) is 12.4. The molecule has 1 heterocycles. The smallest absolute Gasteiger partial charge is 0.243 e. The summed E-state index contributed by atoms with van der Waals surface area (Å²) >= 11 is 0. The van der Waals surface area contributed by atoms with Crippen LogP contribution in [0.3, 0.4) is 0 Å². The number of aromatic nitrogens is 2. The van der Waals surface area contributed by atoms with Gasteiger partial charge in [0.2, 0.25) is 10.0 Å². The van der Waals surface area contributed by atoms with Crippen LogP contribution in [0, 0.1) is 12.8 Å².